The van der Waals surface area contributed by atoms with Crippen molar-refractivity contribution < 1.29 is 4.79 Å². The highest BCUT2D eigenvalue weighted by atomic mass is 16.2. The molecule has 0 aliphatic carbocycles. The highest BCUT2D eigenvalue weighted by molar-refractivity contribution is 5.91. The van der Waals surface area contributed by atoms with E-state index in [2.05, 4.69) is 22.4 Å². The Labute approximate surface area is 175 Å². The number of aromatic nitrogens is 2. The highest BCUT2D eigenvalue weighted by Gasteiger charge is 2.10. The second-order valence-corrected chi connectivity index (χ2v) is 7.33. The molecule has 3 aromatic carbocycles. The Kier molecular flexibility index (Phi) is 5.70. The van der Waals surface area contributed by atoms with Gasteiger partial charge in [-0.05, 0) is 42.2 Å². The van der Waals surface area contributed by atoms with Gasteiger partial charge in [0.25, 0.3) is 5.56 Å². The van der Waals surface area contributed by atoms with Crippen LogP contribution in [0, 0.1) is 6.92 Å². The Morgan fingerprint density at radius 1 is 0.967 bits per heavy atom. The van der Waals surface area contributed by atoms with Crippen LogP contribution in [0.2, 0.25) is 0 Å². The molecule has 30 heavy (non-hydrogen) atoms. The van der Waals surface area contributed by atoms with Crippen molar-refractivity contribution in [2.75, 3.05) is 5.32 Å². The highest BCUT2D eigenvalue weighted by Crippen LogP contribution is 2.19. The van der Waals surface area contributed by atoms with E-state index in [9.17, 15) is 9.59 Å². The lowest BCUT2D eigenvalue weighted by atomic mass is 10.0. The predicted molar refractivity (Wildman–Crippen MR) is 120 cm³/mol. The molecule has 0 fully saturated rings. The Hall–Kier alpha value is -3.73. The fourth-order valence-corrected chi connectivity index (χ4v) is 3.54. The van der Waals surface area contributed by atoms with Gasteiger partial charge in [-0.15, -0.1) is 0 Å². The van der Waals surface area contributed by atoms with Crippen LogP contribution in [0.25, 0.3) is 10.9 Å². The lowest BCUT2D eigenvalue weighted by molar-refractivity contribution is -0.116. The minimum Gasteiger partial charge on any atom is -0.326 e. The van der Waals surface area contributed by atoms with Gasteiger partial charge in [0.15, 0.2) is 0 Å². The molecule has 0 aliphatic rings. The quantitative estimate of drug-likeness (QED) is 0.527. The fourth-order valence-electron chi connectivity index (χ4n) is 3.54. The van der Waals surface area contributed by atoms with Crippen LogP contribution in [0.4, 0.5) is 5.69 Å². The summed E-state index contributed by atoms with van der Waals surface area (Å²) in [6, 6.07) is 23.5. The van der Waals surface area contributed by atoms with E-state index in [1.807, 2.05) is 61.5 Å². The maximum Gasteiger partial charge on any atom is 0.261 e. The SMILES string of the molecule is Cc1cccc2c(=O)n(CCC(=O)Nc3ccccc3Cc3ccccc3)cnc12. The molecule has 0 bridgehead atoms. The molecular formula is C25H23N3O2. The van der Waals surface area contributed by atoms with Crippen LogP contribution < -0.4 is 10.9 Å². The van der Waals surface area contributed by atoms with Crippen molar-refractivity contribution in [2.24, 2.45) is 0 Å². The maximum absolute atomic E-state index is 12.7. The zero-order valence-corrected chi connectivity index (χ0v) is 16.8. The summed E-state index contributed by atoms with van der Waals surface area (Å²) >= 11 is 0. The van der Waals surface area contributed by atoms with Crippen molar-refractivity contribution in [1.29, 1.82) is 0 Å². The molecule has 1 heterocycles. The van der Waals surface area contributed by atoms with Gasteiger partial charge in [-0.3, -0.25) is 14.2 Å². The van der Waals surface area contributed by atoms with Gasteiger partial charge in [-0.1, -0.05) is 60.7 Å². The Morgan fingerprint density at radius 2 is 1.73 bits per heavy atom. The number of rotatable bonds is 6. The van der Waals surface area contributed by atoms with Crippen molar-refractivity contribution in [3.05, 3.63) is 106 Å². The van der Waals surface area contributed by atoms with E-state index in [1.54, 1.807) is 6.07 Å². The number of benzene rings is 3. The summed E-state index contributed by atoms with van der Waals surface area (Å²) in [6.07, 6.45) is 2.46. The Bertz CT molecular complexity index is 1250. The van der Waals surface area contributed by atoms with Crippen LogP contribution in [0.3, 0.4) is 0 Å². The maximum atomic E-state index is 12.7. The molecule has 0 aliphatic heterocycles. The molecule has 4 aromatic rings. The van der Waals surface area contributed by atoms with Crippen LogP contribution in [0.1, 0.15) is 23.1 Å². The van der Waals surface area contributed by atoms with Gasteiger partial charge in [-0.25, -0.2) is 4.98 Å². The number of para-hydroxylation sites is 2. The largest absolute Gasteiger partial charge is 0.326 e. The van der Waals surface area contributed by atoms with Crippen molar-refractivity contribution in [3.8, 4) is 0 Å². The molecule has 0 saturated carbocycles. The average Bonchev–Trinajstić information content (AvgIpc) is 2.76. The summed E-state index contributed by atoms with van der Waals surface area (Å²) in [4.78, 5) is 29.7. The van der Waals surface area contributed by atoms with Crippen molar-refractivity contribution in [2.45, 2.75) is 26.3 Å². The number of amides is 1. The van der Waals surface area contributed by atoms with E-state index < -0.39 is 0 Å². The zero-order chi connectivity index (χ0) is 20.9. The first-order valence-corrected chi connectivity index (χ1v) is 9.98. The molecule has 0 unspecified atom stereocenters. The van der Waals surface area contributed by atoms with Gasteiger partial charge in [0, 0.05) is 18.7 Å². The molecule has 1 amide bonds. The summed E-state index contributed by atoms with van der Waals surface area (Å²) in [5.74, 6) is -0.133. The molecule has 4 rings (SSSR count). The summed E-state index contributed by atoms with van der Waals surface area (Å²) in [5, 5.41) is 3.57. The molecule has 150 valence electrons. The van der Waals surface area contributed by atoms with Crippen LogP contribution in [-0.4, -0.2) is 15.5 Å². The van der Waals surface area contributed by atoms with E-state index >= 15 is 0 Å². The number of fused-ring (bicyclic) bond motifs is 1. The molecule has 0 saturated heterocycles. The summed E-state index contributed by atoms with van der Waals surface area (Å²) in [7, 11) is 0. The number of nitrogens with zero attached hydrogens (tertiary/aromatic N) is 2. The van der Waals surface area contributed by atoms with Crippen molar-refractivity contribution >= 4 is 22.5 Å². The van der Waals surface area contributed by atoms with E-state index in [0.29, 0.717) is 10.9 Å². The second kappa shape index (κ2) is 8.74. The smallest absolute Gasteiger partial charge is 0.261 e. The first kappa shape index (κ1) is 19.6. The van der Waals surface area contributed by atoms with E-state index in [1.165, 1.54) is 16.5 Å². The first-order valence-electron chi connectivity index (χ1n) is 9.98. The number of aryl methyl sites for hydroxylation is 2. The summed E-state index contributed by atoms with van der Waals surface area (Å²) in [5.41, 5.74) is 4.58. The number of hydrogen-bond donors (Lipinski definition) is 1. The predicted octanol–water partition coefficient (Wildman–Crippen LogP) is 4.32. The number of nitrogens with one attached hydrogen (secondary N) is 1. The minimum atomic E-state index is -0.133. The third kappa shape index (κ3) is 4.30. The van der Waals surface area contributed by atoms with Crippen molar-refractivity contribution in [3.63, 3.8) is 0 Å². The number of anilines is 1. The van der Waals surface area contributed by atoms with Crippen LogP contribution in [0.15, 0.2) is 83.9 Å². The minimum absolute atomic E-state index is 0.124. The van der Waals surface area contributed by atoms with Gasteiger partial charge in [0.2, 0.25) is 5.91 Å². The molecule has 1 aromatic heterocycles. The van der Waals surface area contributed by atoms with Gasteiger partial charge in [0.05, 0.1) is 17.2 Å². The number of carbonyl (C=O) groups excluding carboxylic acids is 1. The number of hydrogen-bond acceptors (Lipinski definition) is 3. The van der Waals surface area contributed by atoms with Crippen LogP contribution in [0.5, 0.6) is 0 Å². The second-order valence-electron chi connectivity index (χ2n) is 7.33. The molecule has 0 atom stereocenters. The number of carbonyl (C=O) groups is 1. The Morgan fingerprint density at radius 3 is 2.57 bits per heavy atom. The Balaban J connectivity index is 1.46. The lowest BCUT2D eigenvalue weighted by Gasteiger charge is -2.12. The lowest BCUT2D eigenvalue weighted by Crippen LogP contribution is -2.24. The van der Waals surface area contributed by atoms with E-state index in [4.69, 9.17) is 0 Å². The average molecular weight is 397 g/mol. The monoisotopic (exact) mass is 397 g/mol. The third-order valence-corrected chi connectivity index (χ3v) is 5.16. The molecule has 0 spiro atoms. The van der Waals surface area contributed by atoms with Crippen molar-refractivity contribution in [1.82, 2.24) is 9.55 Å². The molecular weight excluding hydrogens is 374 g/mol. The summed E-state index contributed by atoms with van der Waals surface area (Å²) in [6.45, 7) is 2.21. The first-order chi connectivity index (χ1) is 14.6. The van der Waals surface area contributed by atoms with Gasteiger partial charge in [-0.2, -0.15) is 0 Å². The van der Waals surface area contributed by atoms with Crippen LogP contribution >= 0.6 is 0 Å². The zero-order valence-electron chi connectivity index (χ0n) is 16.8. The fraction of sp³-hybridized carbons (Fsp3) is 0.160. The van der Waals surface area contributed by atoms with Gasteiger partial charge < -0.3 is 5.32 Å². The van der Waals surface area contributed by atoms with Gasteiger partial charge >= 0.3 is 0 Å². The molecule has 1 N–H and O–H groups in total. The summed E-state index contributed by atoms with van der Waals surface area (Å²) < 4.78 is 1.50. The van der Waals surface area contributed by atoms with E-state index in [0.717, 1.165) is 23.2 Å². The molecule has 5 nitrogen and oxygen atoms in total. The van der Waals surface area contributed by atoms with E-state index in [-0.39, 0.29) is 24.4 Å². The standard InChI is InChI=1S/C25H23N3O2/c1-18-8-7-12-21-24(18)26-17-28(25(21)30)15-14-23(29)27-22-13-6-5-11-20(22)16-19-9-3-2-4-10-19/h2-13,17H,14-16H2,1H3,(H,27,29). The topological polar surface area (TPSA) is 64.0 Å². The molecule has 0 radical (unpaired) electrons. The van der Waals surface area contributed by atoms with Crippen LogP contribution in [-0.2, 0) is 17.8 Å². The third-order valence-electron chi connectivity index (χ3n) is 5.16. The normalized spacial score (nSPS) is 10.8. The molecule has 5 heteroatoms. The van der Waals surface area contributed by atoms with Gasteiger partial charge in [0.1, 0.15) is 0 Å².